The normalized spacial score (nSPS) is 10.3. The largest absolute Gasteiger partial charge is 0.353 e. The van der Waals surface area contributed by atoms with Crippen LogP contribution in [-0.4, -0.2) is 28.7 Å². The summed E-state index contributed by atoms with van der Waals surface area (Å²) in [6.45, 7) is 4.72. The Morgan fingerprint density at radius 1 is 1.53 bits per heavy atom. The summed E-state index contributed by atoms with van der Waals surface area (Å²) in [6, 6.07) is 3.86. The molecule has 1 aromatic rings. The Labute approximate surface area is 89.3 Å². The van der Waals surface area contributed by atoms with Gasteiger partial charge >= 0.3 is 0 Å². The molecule has 0 aliphatic rings. The summed E-state index contributed by atoms with van der Waals surface area (Å²) in [5, 5.41) is 13.4. The lowest BCUT2D eigenvalue weighted by molar-refractivity contribution is -0.120. The molecule has 1 rings (SSSR count). The lowest BCUT2D eigenvalue weighted by Crippen LogP contribution is -2.37. The maximum atomic E-state index is 11.2. The number of nitrogens with zero attached hydrogens (tertiary/aromatic N) is 2. The molecule has 5 heteroatoms. The Kier molecular flexibility index (Phi) is 4.70. The Morgan fingerprint density at radius 2 is 2.33 bits per heavy atom. The van der Waals surface area contributed by atoms with Crippen molar-refractivity contribution >= 4 is 5.91 Å². The van der Waals surface area contributed by atoms with Crippen molar-refractivity contribution in [3.05, 3.63) is 24.0 Å². The van der Waals surface area contributed by atoms with Gasteiger partial charge < -0.3 is 10.6 Å². The van der Waals surface area contributed by atoms with E-state index in [0.717, 1.165) is 5.69 Å². The first-order valence-electron chi connectivity index (χ1n) is 4.95. The topological polar surface area (TPSA) is 66.9 Å². The summed E-state index contributed by atoms with van der Waals surface area (Å²) in [5.41, 5.74) is 0.829. The SMILES string of the molecule is CC(C)NC(=O)CNCc1cccnn1. The van der Waals surface area contributed by atoms with E-state index in [-0.39, 0.29) is 11.9 Å². The minimum absolute atomic E-state index is 0.00566. The van der Waals surface area contributed by atoms with Gasteiger partial charge in [0.25, 0.3) is 0 Å². The van der Waals surface area contributed by atoms with E-state index < -0.39 is 0 Å². The second kappa shape index (κ2) is 6.08. The highest BCUT2D eigenvalue weighted by molar-refractivity contribution is 5.78. The number of rotatable bonds is 5. The molecule has 1 heterocycles. The maximum Gasteiger partial charge on any atom is 0.234 e. The van der Waals surface area contributed by atoms with Gasteiger partial charge in [0.1, 0.15) is 0 Å². The van der Waals surface area contributed by atoms with Crippen LogP contribution in [0.5, 0.6) is 0 Å². The Balaban J connectivity index is 2.19. The van der Waals surface area contributed by atoms with Gasteiger partial charge in [0.15, 0.2) is 0 Å². The second-order valence-corrected chi connectivity index (χ2v) is 3.54. The molecule has 0 aliphatic heterocycles. The maximum absolute atomic E-state index is 11.2. The second-order valence-electron chi connectivity index (χ2n) is 3.54. The predicted molar refractivity (Wildman–Crippen MR) is 57.0 cm³/mol. The summed E-state index contributed by atoms with van der Waals surface area (Å²) < 4.78 is 0. The molecule has 0 radical (unpaired) electrons. The van der Waals surface area contributed by atoms with Crippen LogP contribution in [0.4, 0.5) is 0 Å². The quantitative estimate of drug-likeness (QED) is 0.719. The van der Waals surface area contributed by atoms with Crippen LogP contribution in [-0.2, 0) is 11.3 Å². The highest BCUT2D eigenvalue weighted by atomic mass is 16.1. The molecule has 0 atom stereocenters. The average Bonchev–Trinajstić information content (AvgIpc) is 2.18. The van der Waals surface area contributed by atoms with Crippen molar-refractivity contribution in [2.45, 2.75) is 26.4 Å². The number of nitrogens with one attached hydrogen (secondary N) is 2. The standard InChI is InChI=1S/C10H16N4O/c1-8(2)13-10(15)7-11-6-9-4-3-5-12-14-9/h3-5,8,11H,6-7H2,1-2H3,(H,13,15). The van der Waals surface area contributed by atoms with Gasteiger partial charge in [-0.3, -0.25) is 4.79 Å². The van der Waals surface area contributed by atoms with Crippen LogP contribution in [0, 0.1) is 0 Å². The van der Waals surface area contributed by atoms with Crippen molar-refractivity contribution in [3.63, 3.8) is 0 Å². The number of hydrogen-bond donors (Lipinski definition) is 2. The summed E-state index contributed by atoms with van der Waals surface area (Å²) in [7, 11) is 0. The van der Waals surface area contributed by atoms with Crippen molar-refractivity contribution < 1.29 is 4.79 Å². The zero-order valence-corrected chi connectivity index (χ0v) is 9.03. The summed E-state index contributed by atoms with van der Waals surface area (Å²) in [4.78, 5) is 11.2. The smallest absolute Gasteiger partial charge is 0.234 e. The Hall–Kier alpha value is -1.49. The molecule has 2 N–H and O–H groups in total. The molecular weight excluding hydrogens is 192 g/mol. The van der Waals surface area contributed by atoms with Gasteiger partial charge in [-0.2, -0.15) is 10.2 Å². The number of carbonyl (C=O) groups is 1. The molecule has 1 amide bonds. The molecule has 0 unspecified atom stereocenters. The first kappa shape index (κ1) is 11.6. The van der Waals surface area contributed by atoms with E-state index in [4.69, 9.17) is 0 Å². The average molecular weight is 208 g/mol. The van der Waals surface area contributed by atoms with Gasteiger partial charge in [0, 0.05) is 18.8 Å². The van der Waals surface area contributed by atoms with E-state index in [1.807, 2.05) is 26.0 Å². The molecule has 0 aliphatic carbocycles. The highest BCUT2D eigenvalue weighted by Gasteiger charge is 2.02. The molecule has 0 bridgehead atoms. The third-order valence-corrected chi connectivity index (χ3v) is 1.67. The van der Waals surface area contributed by atoms with Crippen molar-refractivity contribution in [2.75, 3.05) is 6.54 Å². The van der Waals surface area contributed by atoms with Gasteiger partial charge in [-0.05, 0) is 26.0 Å². The molecule has 5 nitrogen and oxygen atoms in total. The van der Waals surface area contributed by atoms with E-state index >= 15 is 0 Å². The van der Waals surface area contributed by atoms with Crippen LogP contribution in [0.25, 0.3) is 0 Å². The van der Waals surface area contributed by atoms with E-state index in [1.54, 1.807) is 6.20 Å². The fourth-order valence-electron chi connectivity index (χ4n) is 1.10. The van der Waals surface area contributed by atoms with Crippen LogP contribution in [0.15, 0.2) is 18.3 Å². The van der Waals surface area contributed by atoms with Gasteiger partial charge in [0.05, 0.1) is 12.2 Å². The fraction of sp³-hybridized carbons (Fsp3) is 0.500. The Morgan fingerprint density at radius 3 is 2.93 bits per heavy atom. The Bertz CT molecular complexity index is 300. The van der Waals surface area contributed by atoms with E-state index in [9.17, 15) is 4.79 Å². The van der Waals surface area contributed by atoms with E-state index in [2.05, 4.69) is 20.8 Å². The summed E-state index contributed by atoms with van der Waals surface area (Å²) >= 11 is 0. The van der Waals surface area contributed by atoms with E-state index in [0.29, 0.717) is 13.1 Å². The third-order valence-electron chi connectivity index (χ3n) is 1.67. The number of aromatic nitrogens is 2. The summed E-state index contributed by atoms with van der Waals surface area (Å²) in [6.07, 6.45) is 1.62. The van der Waals surface area contributed by atoms with Crippen molar-refractivity contribution in [3.8, 4) is 0 Å². The van der Waals surface area contributed by atoms with Gasteiger partial charge in [-0.1, -0.05) is 0 Å². The van der Waals surface area contributed by atoms with Crippen molar-refractivity contribution in [2.24, 2.45) is 0 Å². The monoisotopic (exact) mass is 208 g/mol. The molecular formula is C10H16N4O. The van der Waals surface area contributed by atoms with Crippen LogP contribution in [0.2, 0.25) is 0 Å². The van der Waals surface area contributed by atoms with Crippen LogP contribution >= 0.6 is 0 Å². The molecule has 0 saturated heterocycles. The molecule has 0 aromatic carbocycles. The highest BCUT2D eigenvalue weighted by Crippen LogP contribution is 1.88. The lowest BCUT2D eigenvalue weighted by atomic mass is 10.3. The number of carbonyl (C=O) groups excluding carboxylic acids is 1. The first-order chi connectivity index (χ1) is 7.18. The summed E-state index contributed by atoms with van der Waals surface area (Å²) in [5.74, 6) is -0.00566. The molecule has 1 aromatic heterocycles. The molecule has 0 spiro atoms. The van der Waals surface area contributed by atoms with Crippen LogP contribution in [0.1, 0.15) is 19.5 Å². The van der Waals surface area contributed by atoms with Crippen molar-refractivity contribution in [1.29, 1.82) is 0 Å². The minimum atomic E-state index is -0.00566. The minimum Gasteiger partial charge on any atom is -0.353 e. The first-order valence-corrected chi connectivity index (χ1v) is 4.95. The van der Waals surface area contributed by atoms with Gasteiger partial charge in [0.2, 0.25) is 5.91 Å². The lowest BCUT2D eigenvalue weighted by Gasteiger charge is -2.08. The zero-order chi connectivity index (χ0) is 11.1. The fourth-order valence-corrected chi connectivity index (χ4v) is 1.10. The third kappa shape index (κ3) is 5.07. The van der Waals surface area contributed by atoms with Crippen molar-refractivity contribution in [1.82, 2.24) is 20.8 Å². The van der Waals surface area contributed by atoms with Gasteiger partial charge in [-0.25, -0.2) is 0 Å². The molecule has 15 heavy (non-hydrogen) atoms. The molecule has 0 saturated carbocycles. The van der Waals surface area contributed by atoms with E-state index in [1.165, 1.54) is 0 Å². The van der Waals surface area contributed by atoms with Gasteiger partial charge in [-0.15, -0.1) is 0 Å². The zero-order valence-electron chi connectivity index (χ0n) is 9.03. The number of amides is 1. The predicted octanol–water partition coefficient (Wildman–Crippen LogP) is 0.0908. The molecule has 82 valence electrons. The number of hydrogen-bond acceptors (Lipinski definition) is 4. The molecule has 0 fully saturated rings. The van der Waals surface area contributed by atoms with Crippen LogP contribution < -0.4 is 10.6 Å². The van der Waals surface area contributed by atoms with Crippen LogP contribution in [0.3, 0.4) is 0 Å².